The van der Waals surface area contributed by atoms with Gasteiger partial charge in [0.05, 0.1) is 14.2 Å². The van der Waals surface area contributed by atoms with Gasteiger partial charge in [0.1, 0.15) is 23.6 Å². The van der Waals surface area contributed by atoms with Gasteiger partial charge in [0.2, 0.25) is 5.91 Å². The number of benzene rings is 1. The Labute approximate surface area is 160 Å². The van der Waals surface area contributed by atoms with Gasteiger partial charge in [0, 0.05) is 44.2 Å². The van der Waals surface area contributed by atoms with Gasteiger partial charge in [-0.25, -0.2) is 4.79 Å². The van der Waals surface area contributed by atoms with Crippen LogP contribution in [0.5, 0.6) is 11.5 Å². The highest BCUT2D eigenvalue weighted by Gasteiger charge is 2.34. The van der Waals surface area contributed by atoms with Gasteiger partial charge in [-0.3, -0.25) is 9.69 Å². The summed E-state index contributed by atoms with van der Waals surface area (Å²) in [5.74, 6) is 1.30. The van der Waals surface area contributed by atoms with E-state index in [2.05, 4.69) is 4.90 Å². The molecule has 1 aromatic rings. The second-order valence-corrected chi connectivity index (χ2v) is 7.16. The fourth-order valence-electron chi connectivity index (χ4n) is 3.84. The van der Waals surface area contributed by atoms with E-state index in [0.717, 1.165) is 36.6 Å². The van der Waals surface area contributed by atoms with E-state index in [4.69, 9.17) is 14.2 Å². The Balaban J connectivity index is 1.61. The molecule has 27 heavy (non-hydrogen) atoms. The molecule has 3 rings (SSSR count). The molecule has 1 saturated heterocycles. The van der Waals surface area contributed by atoms with Crippen LogP contribution in [0.3, 0.4) is 0 Å². The van der Waals surface area contributed by atoms with Gasteiger partial charge < -0.3 is 19.1 Å². The first-order chi connectivity index (χ1) is 13.0. The number of fused-ring (bicyclic) bond motifs is 1. The molecule has 2 heterocycles. The number of carbonyl (C=O) groups excluding carboxylic acids is 2. The molecule has 2 aliphatic heterocycles. The highest BCUT2D eigenvalue weighted by molar-refractivity contribution is 5.85. The van der Waals surface area contributed by atoms with Crippen LogP contribution >= 0.6 is 0 Å². The molecule has 0 saturated carbocycles. The fraction of sp³-hybridized carbons (Fsp3) is 0.600. The second-order valence-electron chi connectivity index (χ2n) is 7.16. The molecular formula is C20H28N2O5. The van der Waals surface area contributed by atoms with Gasteiger partial charge >= 0.3 is 5.97 Å². The zero-order valence-electron chi connectivity index (χ0n) is 16.3. The number of amides is 1. The molecule has 1 amide bonds. The Morgan fingerprint density at radius 3 is 2.85 bits per heavy atom. The molecule has 0 bridgehead atoms. The van der Waals surface area contributed by atoms with Crippen LogP contribution in [0, 0.1) is 0 Å². The smallest absolute Gasteiger partial charge is 0.328 e. The van der Waals surface area contributed by atoms with Crippen molar-refractivity contribution in [2.75, 3.05) is 33.9 Å². The van der Waals surface area contributed by atoms with Crippen molar-refractivity contribution >= 4 is 11.9 Å². The SMILES string of the molecule is COC(=O)[C@@H]1CCCN1C(=O)CCN1Cc2ccc(OC)cc2OC(C)C1. The predicted octanol–water partition coefficient (Wildman–Crippen LogP) is 1.83. The molecule has 0 N–H and O–H groups in total. The van der Waals surface area contributed by atoms with E-state index in [-0.39, 0.29) is 18.0 Å². The number of nitrogens with zero attached hydrogens (tertiary/aromatic N) is 2. The van der Waals surface area contributed by atoms with Crippen molar-refractivity contribution in [2.45, 2.75) is 44.9 Å². The lowest BCUT2D eigenvalue weighted by atomic mass is 10.1. The summed E-state index contributed by atoms with van der Waals surface area (Å²) in [6, 6.07) is 5.41. The number of esters is 1. The molecule has 148 valence electrons. The second kappa shape index (κ2) is 8.61. The first-order valence-electron chi connectivity index (χ1n) is 9.45. The molecular weight excluding hydrogens is 348 g/mol. The molecule has 1 aromatic carbocycles. The number of hydrogen-bond donors (Lipinski definition) is 0. The fourth-order valence-corrected chi connectivity index (χ4v) is 3.84. The maximum absolute atomic E-state index is 12.7. The Hall–Kier alpha value is -2.28. The molecule has 0 aliphatic carbocycles. The summed E-state index contributed by atoms with van der Waals surface area (Å²) < 4.78 is 16.1. The van der Waals surface area contributed by atoms with Crippen LogP contribution in [-0.2, 0) is 20.9 Å². The van der Waals surface area contributed by atoms with E-state index in [1.54, 1.807) is 12.0 Å². The van der Waals surface area contributed by atoms with Gasteiger partial charge in [-0.15, -0.1) is 0 Å². The molecule has 2 atom stereocenters. The van der Waals surface area contributed by atoms with E-state index >= 15 is 0 Å². The summed E-state index contributed by atoms with van der Waals surface area (Å²) in [5.41, 5.74) is 1.08. The molecule has 7 nitrogen and oxygen atoms in total. The highest BCUT2D eigenvalue weighted by Crippen LogP contribution is 2.29. The lowest BCUT2D eigenvalue weighted by Gasteiger charge is -2.25. The number of hydrogen-bond acceptors (Lipinski definition) is 6. The highest BCUT2D eigenvalue weighted by atomic mass is 16.5. The quantitative estimate of drug-likeness (QED) is 0.731. The van der Waals surface area contributed by atoms with E-state index in [9.17, 15) is 9.59 Å². The van der Waals surface area contributed by atoms with Crippen LogP contribution in [0.15, 0.2) is 18.2 Å². The van der Waals surface area contributed by atoms with Crippen LogP contribution in [0.4, 0.5) is 0 Å². The molecule has 1 unspecified atom stereocenters. The molecule has 1 fully saturated rings. The van der Waals surface area contributed by atoms with Crippen molar-refractivity contribution in [3.63, 3.8) is 0 Å². The van der Waals surface area contributed by atoms with Crippen LogP contribution in [-0.4, -0.2) is 67.7 Å². The third kappa shape index (κ3) is 4.53. The van der Waals surface area contributed by atoms with Crippen molar-refractivity contribution in [3.05, 3.63) is 23.8 Å². The van der Waals surface area contributed by atoms with E-state index in [1.807, 2.05) is 25.1 Å². The molecule has 2 aliphatic rings. The van der Waals surface area contributed by atoms with Crippen molar-refractivity contribution in [1.29, 1.82) is 0 Å². The minimum absolute atomic E-state index is 0.00988. The average Bonchev–Trinajstić information content (AvgIpc) is 3.10. The molecule has 7 heteroatoms. The minimum Gasteiger partial charge on any atom is -0.497 e. The first kappa shape index (κ1) is 19.5. The van der Waals surface area contributed by atoms with Crippen LogP contribution in [0.1, 0.15) is 31.7 Å². The Morgan fingerprint density at radius 1 is 1.30 bits per heavy atom. The van der Waals surface area contributed by atoms with Gasteiger partial charge in [-0.2, -0.15) is 0 Å². The summed E-state index contributed by atoms with van der Waals surface area (Å²) in [4.78, 5) is 28.4. The minimum atomic E-state index is -0.429. The monoisotopic (exact) mass is 376 g/mol. The van der Waals surface area contributed by atoms with Crippen LogP contribution in [0.25, 0.3) is 0 Å². The van der Waals surface area contributed by atoms with Gasteiger partial charge in [0.15, 0.2) is 0 Å². The van der Waals surface area contributed by atoms with E-state index in [1.165, 1.54) is 7.11 Å². The summed E-state index contributed by atoms with van der Waals surface area (Å²) >= 11 is 0. The van der Waals surface area contributed by atoms with Gasteiger partial charge in [0.25, 0.3) is 0 Å². The van der Waals surface area contributed by atoms with Gasteiger partial charge in [-0.1, -0.05) is 6.07 Å². The van der Waals surface area contributed by atoms with E-state index < -0.39 is 6.04 Å². The van der Waals surface area contributed by atoms with Crippen LogP contribution < -0.4 is 9.47 Å². The summed E-state index contributed by atoms with van der Waals surface area (Å²) in [6.45, 7) is 4.74. The zero-order chi connectivity index (χ0) is 19.4. The van der Waals surface area contributed by atoms with Crippen LogP contribution in [0.2, 0.25) is 0 Å². The Morgan fingerprint density at radius 2 is 2.11 bits per heavy atom. The van der Waals surface area contributed by atoms with Crippen molar-refractivity contribution in [3.8, 4) is 11.5 Å². The molecule has 0 spiro atoms. The topological polar surface area (TPSA) is 68.3 Å². The van der Waals surface area contributed by atoms with Crippen molar-refractivity contribution in [2.24, 2.45) is 0 Å². The van der Waals surface area contributed by atoms with Gasteiger partial charge in [-0.05, 0) is 25.8 Å². The number of rotatable bonds is 5. The Kier molecular flexibility index (Phi) is 6.21. The predicted molar refractivity (Wildman–Crippen MR) is 99.7 cm³/mol. The maximum Gasteiger partial charge on any atom is 0.328 e. The van der Waals surface area contributed by atoms with Crippen molar-refractivity contribution < 1.29 is 23.8 Å². The summed E-state index contributed by atoms with van der Waals surface area (Å²) in [5, 5.41) is 0. The molecule has 0 radical (unpaired) electrons. The third-order valence-electron chi connectivity index (χ3n) is 5.20. The maximum atomic E-state index is 12.7. The molecule has 0 aromatic heterocycles. The van der Waals surface area contributed by atoms with Crippen molar-refractivity contribution in [1.82, 2.24) is 9.80 Å². The summed E-state index contributed by atoms with van der Waals surface area (Å²) in [6.07, 6.45) is 1.92. The lowest BCUT2D eigenvalue weighted by Crippen LogP contribution is -2.42. The largest absolute Gasteiger partial charge is 0.497 e. The third-order valence-corrected chi connectivity index (χ3v) is 5.20. The summed E-state index contributed by atoms with van der Waals surface area (Å²) in [7, 11) is 3.01. The first-order valence-corrected chi connectivity index (χ1v) is 9.45. The normalized spacial score (nSPS) is 22.6. The van der Waals surface area contributed by atoms with E-state index in [0.29, 0.717) is 25.9 Å². The standard InChI is InChI=1S/C20H28N2O5/c1-14-12-21(13-15-6-7-16(25-2)11-18(15)27-14)10-8-19(23)22-9-4-5-17(22)20(24)26-3/h6-7,11,14,17H,4-5,8-10,12-13H2,1-3H3/t14?,17-/m0/s1. The number of carbonyl (C=O) groups is 2. The number of ether oxygens (including phenoxy) is 3. The lowest BCUT2D eigenvalue weighted by molar-refractivity contribution is -0.151. The number of methoxy groups -OCH3 is 2. The zero-order valence-corrected chi connectivity index (χ0v) is 16.3. The Bertz CT molecular complexity index is 693. The number of likely N-dealkylation sites (tertiary alicyclic amines) is 1. The average molecular weight is 376 g/mol.